The van der Waals surface area contributed by atoms with Crippen molar-refractivity contribution < 1.29 is 19.7 Å². The van der Waals surface area contributed by atoms with Crippen LogP contribution in [-0.4, -0.2) is 46.3 Å². The Bertz CT molecular complexity index is 848. The first-order chi connectivity index (χ1) is 13.6. The number of carbonyl (C=O) groups excluding carboxylic acids is 1. The van der Waals surface area contributed by atoms with Gasteiger partial charge in [0, 0.05) is 26.2 Å². The van der Waals surface area contributed by atoms with Crippen molar-refractivity contribution in [3.63, 3.8) is 0 Å². The van der Waals surface area contributed by atoms with Crippen molar-refractivity contribution in [2.24, 2.45) is 0 Å². The molecule has 4 rings (SSSR count). The molecule has 1 saturated heterocycles. The lowest BCUT2D eigenvalue weighted by Crippen LogP contribution is -2.51. The maximum atomic E-state index is 13.0. The number of phenolic OH excluding ortho intramolecular Hbond substituents is 2. The van der Waals surface area contributed by atoms with Crippen molar-refractivity contribution in [1.82, 2.24) is 10.2 Å². The van der Waals surface area contributed by atoms with Crippen molar-refractivity contribution in [3.8, 4) is 11.5 Å². The van der Waals surface area contributed by atoms with Crippen LogP contribution < -0.4 is 5.32 Å². The van der Waals surface area contributed by atoms with Crippen LogP contribution in [0, 0.1) is 0 Å². The lowest BCUT2D eigenvalue weighted by atomic mass is 9.93. The fourth-order valence-electron chi connectivity index (χ4n) is 4.04. The van der Waals surface area contributed by atoms with Gasteiger partial charge in [-0.15, -0.1) is 0 Å². The van der Waals surface area contributed by atoms with E-state index in [4.69, 9.17) is 4.74 Å². The topological polar surface area (TPSA) is 82.0 Å². The van der Waals surface area contributed by atoms with E-state index in [-0.39, 0.29) is 29.6 Å². The highest BCUT2D eigenvalue weighted by Gasteiger charge is 2.32. The Hall–Kier alpha value is -2.57. The molecule has 2 unspecified atom stereocenters. The number of fused-ring (bicyclic) bond motifs is 1. The second-order valence-electron chi connectivity index (χ2n) is 7.60. The van der Waals surface area contributed by atoms with E-state index in [1.165, 1.54) is 17.2 Å². The SMILES string of the molecule is O=C(NCC1CCCO1)C1Cc2ccccc2CN1Cc1ccc(O)c(O)c1. The molecule has 3 N–H and O–H groups in total. The number of carbonyl (C=O) groups is 1. The summed E-state index contributed by atoms with van der Waals surface area (Å²) < 4.78 is 5.61. The van der Waals surface area contributed by atoms with Gasteiger partial charge in [0.05, 0.1) is 12.1 Å². The van der Waals surface area contributed by atoms with Crippen LogP contribution in [0.3, 0.4) is 0 Å². The second kappa shape index (κ2) is 8.20. The van der Waals surface area contributed by atoms with Gasteiger partial charge in [0.25, 0.3) is 0 Å². The molecule has 6 nitrogen and oxygen atoms in total. The van der Waals surface area contributed by atoms with Gasteiger partial charge in [0.15, 0.2) is 11.5 Å². The number of nitrogens with zero attached hydrogens (tertiary/aromatic N) is 1. The highest BCUT2D eigenvalue weighted by molar-refractivity contribution is 5.82. The first kappa shape index (κ1) is 18.8. The summed E-state index contributed by atoms with van der Waals surface area (Å²) in [4.78, 5) is 15.1. The first-order valence-electron chi connectivity index (χ1n) is 9.81. The predicted octanol–water partition coefficient (Wildman–Crippen LogP) is 2.32. The van der Waals surface area contributed by atoms with Crippen LogP contribution in [0.5, 0.6) is 11.5 Å². The summed E-state index contributed by atoms with van der Waals surface area (Å²) in [6.07, 6.45) is 2.80. The van der Waals surface area contributed by atoms with Crippen LogP contribution in [0.25, 0.3) is 0 Å². The van der Waals surface area contributed by atoms with E-state index < -0.39 is 0 Å². The number of amides is 1. The molecule has 1 fully saturated rings. The van der Waals surface area contributed by atoms with E-state index in [1.54, 1.807) is 12.1 Å². The summed E-state index contributed by atoms with van der Waals surface area (Å²) >= 11 is 0. The fourth-order valence-corrected chi connectivity index (χ4v) is 4.04. The maximum absolute atomic E-state index is 13.0. The smallest absolute Gasteiger partial charge is 0.237 e. The zero-order valence-corrected chi connectivity index (χ0v) is 15.8. The number of rotatable bonds is 5. The molecule has 0 radical (unpaired) electrons. The van der Waals surface area contributed by atoms with E-state index in [9.17, 15) is 15.0 Å². The van der Waals surface area contributed by atoms with Crippen molar-refractivity contribution in [1.29, 1.82) is 0 Å². The van der Waals surface area contributed by atoms with Crippen LogP contribution in [0.4, 0.5) is 0 Å². The average molecular weight is 382 g/mol. The molecule has 2 atom stereocenters. The number of hydrogen-bond donors (Lipinski definition) is 3. The molecule has 1 amide bonds. The second-order valence-corrected chi connectivity index (χ2v) is 7.60. The Kier molecular flexibility index (Phi) is 5.50. The Morgan fingerprint density at radius 1 is 1.14 bits per heavy atom. The number of aromatic hydroxyl groups is 2. The number of benzene rings is 2. The highest BCUT2D eigenvalue weighted by atomic mass is 16.5. The van der Waals surface area contributed by atoms with Crippen LogP contribution in [0.1, 0.15) is 29.5 Å². The number of ether oxygens (including phenoxy) is 1. The van der Waals surface area contributed by atoms with Gasteiger partial charge in [-0.2, -0.15) is 0 Å². The summed E-state index contributed by atoms with van der Waals surface area (Å²) in [5, 5.41) is 22.4. The fraction of sp³-hybridized carbons (Fsp3) is 0.409. The van der Waals surface area contributed by atoms with E-state index in [0.717, 1.165) is 25.0 Å². The van der Waals surface area contributed by atoms with Gasteiger partial charge in [-0.05, 0) is 48.1 Å². The molecule has 2 heterocycles. The van der Waals surface area contributed by atoms with E-state index in [2.05, 4.69) is 22.3 Å². The molecule has 2 aliphatic rings. The molecule has 0 aromatic heterocycles. The molecule has 2 aliphatic heterocycles. The van der Waals surface area contributed by atoms with Crippen LogP contribution in [-0.2, 0) is 29.0 Å². The summed E-state index contributed by atoms with van der Waals surface area (Å²) in [6.45, 7) is 2.49. The zero-order chi connectivity index (χ0) is 19.5. The molecule has 2 aromatic rings. The summed E-state index contributed by atoms with van der Waals surface area (Å²) in [5.41, 5.74) is 3.27. The third-order valence-electron chi connectivity index (χ3n) is 5.60. The van der Waals surface area contributed by atoms with Gasteiger partial charge in [0.1, 0.15) is 0 Å². The number of phenols is 2. The van der Waals surface area contributed by atoms with Gasteiger partial charge in [0.2, 0.25) is 5.91 Å². The Balaban J connectivity index is 1.51. The average Bonchev–Trinajstić information content (AvgIpc) is 3.22. The van der Waals surface area contributed by atoms with Crippen molar-refractivity contribution in [2.75, 3.05) is 13.2 Å². The molecule has 0 bridgehead atoms. The standard InChI is InChI=1S/C22H26N2O4/c25-20-8-7-15(10-21(20)26)13-24-14-17-5-2-1-4-16(17)11-19(24)22(27)23-12-18-6-3-9-28-18/h1-2,4-5,7-8,10,18-19,25-26H,3,6,9,11-14H2,(H,23,27). The Labute approximate surface area is 164 Å². The molecule has 0 saturated carbocycles. The molecule has 148 valence electrons. The van der Waals surface area contributed by atoms with Crippen LogP contribution >= 0.6 is 0 Å². The maximum Gasteiger partial charge on any atom is 0.237 e. The Morgan fingerprint density at radius 2 is 1.96 bits per heavy atom. The normalized spacial score (nSPS) is 22.0. The molecular formula is C22H26N2O4. The largest absolute Gasteiger partial charge is 0.504 e. The van der Waals surface area contributed by atoms with Crippen LogP contribution in [0.15, 0.2) is 42.5 Å². The molecule has 28 heavy (non-hydrogen) atoms. The van der Waals surface area contributed by atoms with Gasteiger partial charge >= 0.3 is 0 Å². The molecule has 0 aliphatic carbocycles. The Morgan fingerprint density at radius 3 is 2.71 bits per heavy atom. The molecule has 6 heteroatoms. The van der Waals surface area contributed by atoms with Gasteiger partial charge < -0.3 is 20.3 Å². The van der Waals surface area contributed by atoms with Crippen LogP contribution in [0.2, 0.25) is 0 Å². The van der Waals surface area contributed by atoms with Crippen molar-refractivity contribution in [2.45, 2.75) is 44.5 Å². The minimum Gasteiger partial charge on any atom is -0.504 e. The zero-order valence-electron chi connectivity index (χ0n) is 15.8. The molecule has 0 spiro atoms. The van der Waals surface area contributed by atoms with Gasteiger partial charge in [-0.25, -0.2) is 0 Å². The summed E-state index contributed by atoms with van der Waals surface area (Å²) in [6, 6.07) is 12.7. The monoisotopic (exact) mass is 382 g/mol. The minimum absolute atomic E-state index is 0.00741. The molecular weight excluding hydrogens is 356 g/mol. The lowest BCUT2D eigenvalue weighted by molar-refractivity contribution is -0.127. The van der Waals surface area contributed by atoms with Crippen molar-refractivity contribution >= 4 is 5.91 Å². The molecule has 2 aromatic carbocycles. The number of nitrogens with one attached hydrogen (secondary N) is 1. The van der Waals surface area contributed by atoms with E-state index in [1.807, 2.05) is 12.1 Å². The lowest BCUT2D eigenvalue weighted by Gasteiger charge is -2.36. The van der Waals surface area contributed by atoms with Gasteiger partial charge in [-0.1, -0.05) is 30.3 Å². The van der Waals surface area contributed by atoms with Gasteiger partial charge in [-0.3, -0.25) is 9.69 Å². The highest BCUT2D eigenvalue weighted by Crippen LogP contribution is 2.29. The van der Waals surface area contributed by atoms with E-state index >= 15 is 0 Å². The minimum atomic E-state index is -0.285. The predicted molar refractivity (Wildman–Crippen MR) is 105 cm³/mol. The van der Waals surface area contributed by atoms with E-state index in [0.29, 0.717) is 26.1 Å². The quantitative estimate of drug-likeness (QED) is 0.692. The van der Waals surface area contributed by atoms with Crippen molar-refractivity contribution in [3.05, 3.63) is 59.2 Å². The first-order valence-corrected chi connectivity index (χ1v) is 9.81. The third kappa shape index (κ3) is 4.13. The third-order valence-corrected chi connectivity index (χ3v) is 5.60. The summed E-state index contributed by atoms with van der Waals surface area (Å²) in [5.74, 6) is -0.277. The number of hydrogen-bond acceptors (Lipinski definition) is 5. The summed E-state index contributed by atoms with van der Waals surface area (Å²) in [7, 11) is 0.